The lowest BCUT2D eigenvalue weighted by molar-refractivity contribution is -0.143. The molecule has 0 radical (unpaired) electrons. The summed E-state index contributed by atoms with van der Waals surface area (Å²) in [6.45, 7) is 1.90. The molecule has 0 saturated carbocycles. The number of carboxylic acids is 1. The molecule has 2 unspecified atom stereocenters. The van der Waals surface area contributed by atoms with Crippen LogP contribution in [0.5, 0.6) is 0 Å². The van der Waals surface area contributed by atoms with Crippen molar-refractivity contribution in [3.63, 3.8) is 0 Å². The van der Waals surface area contributed by atoms with E-state index >= 15 is 0 Å². The standard InChI is InChI=1S/C14H17ClN2O5S/c1-8-2-10(14(19)20)7-17(6-8)23(21,22)12-4-9(13(16)18)3-11(15)5-12/h3-5,8,10H,2,6-7H2,1H3,(H2,16,18)(H,19,20). The Hall–Kier alpha value is -1.64. The molecule has 1 amide bonds. The van der Waals surface area contributed by atoms with Crippen LogP contribution in [0.1, 0.15) is 23.7 Å². The molecule has 7 nitrogen and oxygen atoms in total. The van der Waals surface area contributed by atoms with Gasteiger partial charge in [0.15, 0.2) is 0 Å². The van der Waals surface area contributed by atoms with Gasteiger partial charge < -0.3 is 10.8 Å². The molecule has 2 atom stereocenters. The van der Waals surface area contributed by atoms with Crippen molar-refractivity contribution in [3.05, 3.63) is 28.8 Å². The van der Waals surface area contributed by atoms with E-state index in [9.17, 15) is 18.0 Å². The number of hydrogen-bond donors (Lipinski definition) is 2. The fraction of sp³-hybridized carbons (Fsp3) is 0.429. The summed E-state index contributed by atoms with van der Waals surface area (Å²) in [7, 11) is -3.96. The third-order valence-corrected chi connectivity index (χ3v) is 5.80. The Morgan fingerprint density at radius 1 is 1.30 bits per heavy atom. The molecule has 1 heterocycles. The first-order chi connectivity index (χ1) is 10.6. The van der Waals surface area contributed by atoms with E-state index in [4.69, 9.17) is 22.4 Å². The van der Waals surface area contributed by atoms with Crippen molar-refractivity contribution in [1.29, 1.82) is 0 Å². The second-order valence-electron chi connectivity index (χ2n) is 5.74. The van der Waals surface area contributed by atoms with Crippen LogP contribution in [-0.4, -0.2) is 42.8 Å². The summed E-state index contributed by atoms with van der Waals surface area (Å²) < 4.78 is 26.6. The van der Waals surface area contributed by atoms with Crippen molar-refractivity contribution in [3.8, 4) is 0 Å². The summed E-state index contributed by atoms with van der Waals surface area (Å²) in [5, 5.41) is 9.24. The van der Waals surface area contributed by atoms with Crippen LogP contribution in [0.2, 0.25) is 5.02 Å². The first-order valence-corrected chi connectivity index (χ1v) is 8.76. The lowest BCUT2D eigenvalue weighted by Crippen LogP contribution is -2.45. The molecule has 23 heavy (non-hydrogen) atoms. The van der Waals surface area contributed by atoms with Gasteiger partial charge in [0.1, 0.15) is 0 Å². The Balaban J connectivity index is 2.41. The average Bonchev–Trinajstić information content (AvgIpc) is 2.45. The van der Waals surface area contributed by atoms with Gasteiger partial charge in [-0.05, 0) is 30.5 Å². The number of nitrogens with two attached hydrogens (primary N) is 1. The number of halogens is 1. The molecule has 0 bridgehead atoms. The van der Waals surface area contributed by atoms with Gasteiger partial charge in [0.05, 0.1) is 10.8 Å². The molecule has 1 aliphatic heterocycles. The molecule has 1 fully saturated rings. The van der Waals surface area contributed by atoms with E-state index in [1.54, 1.807) is 6.92 Å². The Labute approximate surface area is 139 Å². The van der Waals surface area contributed by atoms with Crippen molar-refractivity contribution >= 4 is 33.5 Å². The van der Waals surface area contributed by atoms with Crippen LogP contribution in [-0.2, 0) is 14.8 Å². The summed E-state index contributed by atoms with van der Waals surface area (Å²) in [4.78, 5) is 22.3. The average molecular weight is 361 g/mol. The summed E-state index contributed by atoms with van der Waals surface area (Å²) in [5.74, 6) is -2.67. The van der Waals surface area contributed by atoms with Gasteiger partial charge in [0, 0.05) is 23.7 Å². The minimum Gasteiger partial charge on any atom is -0.481 e. The van der Waals surface area contributed by atoms with E-state index in [1.807, 2.05) is 0 Å². The van der Waals surface area contributed by atoms with E-state index < -0.39 is 27.8 Å². The molecule has 126 valence electrons. The van der Waals surface area contributed by atoms with E-state index in [1.165, 1.54) is 12.1 Å². The Morgan fingerprint density at radius 2 is 1.96 bits per heavy atom. The summed E-state index contributed by atoms with van der Waals surface area (Å²) in [6, 6.07) is 3.65. The highest BCUT2D eigenvalue weighted by Crippen LogP contribution is 2.28. The third-order valence-electron chi connectivity index (χ3n) is 3.77. The molecule has 0 aromatic heterocycles. The van der Waals surface area contributed by atoms with Crippen LogP contribution in [0.15, 0.2) is 23.1 Å². The van der Waals surface area contributed by atoms with E-state index in [0.29, 0.717) is 6.42 Å². The number of carbonyl (C=O) groups excluding carboxylic acids is 1. The van der Waals surface area contributed by atoms with Crippen molar-refractivity contribution in [2.75, 3.05) is 13.1 Å². The number of nitrogens with zero attached hydrogens (tertiary/aromatic N) is 1. The molecule has 1 saturated heterocycles. The lowest BCUT2D eigenvalue weighted by Gasteiger charge is -2.33. The molecule has 0 aliphatic carbocycles. The number of benzene rings is 1. The highest BCUT2D eigenvalue weighted by molar-refractivity contribution is 7.89. The fourth-order valence-electron chi connectivity index (χ4n) is 2.68. The number of carboxylic acid groups (broad SMARTS) is 1. The van der Waals surface area contributed by atoms with Gasteiger partial charge in [-0.3, -0.25) is 9.59 Å². The molecular formula is C14H17ClN2O5S. The van der Waals surface area contributed by atoms with Gasteiger partial charge >= 0.3 is 5.97 Å². The SMILES string of the molecule is CC1CC(C(=O)O)CN(S(=O)(=O)c2cc(Cl)cc(C(N)=O)c2)C1. The van der Waals surface area contributed by atoms with E-state index in [0.717, 1.165) is 10.4 Å². The van der Waals surface area contributed by atoms with Gasteiger partial charge in [-0.15, -0.1) is 0 Å². The predicted molar refractivity (Wildman–Crippen MR) is 83.6 cm³/mol. The Bertz CT molecular complexity index is 750. The van der Waals surface area contributed by atoms with Crippen LogP contribution in [0.4, 0.5) is 0 Å². The predicted octanol–water partition coefficient (Wildman–Crippen LogP) is 1.17. The zero-order valence-electron chi connectivity index (χ0n) is 12.4. The smallest absolute Gasteiger partial charge is 0.307 e. The van der Waals surface area contributed by atoms with Gasteiger partial charge in [0.2, 0.25) is 15.9 Å². The Kier molecular flexibility index (Phi) is 4.98. The van der Waals surface area contributed by atoms with Crippen LogP contribution < -0.4 is 5.73 Å². The van der Waals surface area contributed by atoms with Crippen molar-refractivity contribution < 1.29 is 23.1 Å². The first-order valence-electron chi connectivity index (χ1n) is 6.94. The number of hydrogen-bond acceptors (Lipinski definition) is 4. The zero-order chi connectivity index (χ0) is 17.4. The number of primary amides is 1. The normalized spacial score (nSPS) is 22.7. The molecule has 1 aliphatic rings. The summed E-state index contributed by atoms with van der Waals surface area (Å²) in [6.07, 6.45) is 0.420. The van der Waals surface area contributed by atoms with Crippen molar-refractivity contribution in [2.24, 2.45) is 17.6 Å². The molecule has 2 rings (SSSR count). The molecule has 1 aromatic rings. The van der Waals surface area contributed by atoms with Crippen LogP contribution in [0.25, 0.3) is 0 Å². The number of amides is 1. The van der Waals surface area contributed by atoms with Gasteiger partial charge in [-0.25, -0.2) is 8.42 Å². The summed E-state index contributed by atoms with van der Waals surface area (Å²) in [5.41, 5.74) is 5.16. The molecule has 1 aromatic carbocycles. The maximum Gasteiger partial charge on any atom is 0.307 e. The summed E-state index contributed by atoms with van der Waals surface area (Å²) >= 11 is 5.86. The second kappa shape index (κ2) is 6.46. The number of rotatable bonds is 4. The highest BCUT2D eigenvalue weighted by Gasteiger charge is 2.36. The van der Waals surface area contributed by atoms with Crippen LogP contribution in [0.3, 0.4) is 0 Å². The number of sulfonamides is 1. The Morgan fingerprint density at radius 3 is 2.52 bits per heavy atom. The fourth-order valence-corrected chi connectivity index (χ4v) is 4.66. The van der Waals surface area contributed by atoms with Gasteiger partial charge in [-0.1, -0.05) is 18.5 Å². The molecular weight excluding hydrogens is 344 g/mol. The topological polar surface area (TPSA) is 118 Å². The molecule has 0 spiro atoms. The number of piperidine rings is 1. The minimum absolute atomic E-state index is 0.0177. The zero-order valence-corrected chi connectivity index (χ0v) is 14.0. The maximum absolute atomic E-state index is 12.8. The van der Waals surface area contributed by atoms with Crippen LogP contribution in [0, 0.1) is 11.8 Å². The monoisotopic (exact) mass is 360 g/mol. The van der Waals surface area contributed by atoms with Crippen LogP contribution >= 0.6 is 11.6 Å². The van der Waals surface area contributed by atoms with Gasteiger partial charge in [-0.2, -0.15) is 4.31 Å². The van der Waals surface area contributed by atoms with Crippen molar-refractivity contribution in [1.82, 2.24) is 4.31 Å². The van der Waals surface area contributed by atoms with Gasteiger partial charge in [0.25, 0.3) is 0 Å². The largest absolute Gasteiger partial charge is 0.481 e. The first kappa shape index (κ1) is 17.7. The maximum atomic E-state index is 12.8. The number of carbonyl (C=O) groups is 2. The quantitative estimate of drug-likeness (QED) is 0.835. The number of aliphatic carboxylic acids is 1. The molecule has 3 N–H and O–H groups in total. The lowest BCUT2D eigenvalue weighted by atomic mass is 9.92. The third kappa shape index (κ3) is 3.82. The minimum atomic E-state index is -3.96. The second-order valence-corrected chi connectivity index (χ2v) is 8.11. The van der Waals surface area contributed by atoms with E-state index in [-0.39, 0.29) is 34.5 Å². The van der Waals surface area contributed by atoms with Crippen molar-refractivity contribution in [2.45, 2.75) is 18.2 Å². The highest BCUT2D eigenvalue weighted by atomic mass is 35.5. The molecule has 9 heteroatoms. The van der Waals surface area contributed by atoms with E-state index in [2.05, 4.69) is 0 Å².